The van der Waals surface area contributed by atoms with Gasteiger partial charge in [-0.15, -0.1) is 0 Å². The van der Waals surface area contributed by atoms with Crippen LogP contribution in [0.25, 0.3) is 0 Å². The standard InChI is InChI=1S/C15H16F3N3O3/c1-21-5-4-19-13(21)12(20-14(22)15(16,17)18)9-6-10(23-2)8-11(7-9)24-3/h4-8,12H,1-3H3,(H,20,22)/t12-/m0/s1. The van der Waals surface area contributed by atoms with Crippen LogP contribution in [0.2, 0.25) is 0 Å². The number of alkyl halides is 3. The highest BCUT2D eigenvalue weighted by Gasteiger charge is 2.40. The lowest BCUT2D eigenvalue weighted by atomic mass is 10.0. The van der Waals surface area contributed by atoms with Gasteiger partial charge in [-0.05, 0) is 17.7 Å². The zero-order chi connectivity index (χ0) is 17.9. The second-order valence-corrected chi connectivity index (χ2v) is 4.95. The van der Waals surface area contributed by atoms with Gasteiger partial charge in [-0.2, -0.15) is 13.2 Å². The number of carbonyl (C=O) groups is 1. The highest BCUT2D eigenvalue weighted by molar-refractivity contribution is 5.82. The summed E-state index contributed by atoms with van der Waals surface area (Å²) in [5.41, 5.74) is 0.345. The molecule has 0 aliphatic rings. The summed E-state index contributed by atoms with van der Waals surface area (Å²) in [5, 5.41) is 1.96. The number of nitrogens with one attached hydrogen (secondary N) is 1. The maximum absolute atomic E-state index is 12.7. The fraction of sp³-hybridized carbons (Fsp3) is 0.333. The quantitative estimate of drug-likeness (QED) is 0.904. The second kappa shape index (κ2) is 6.81. The van der Waals surface area contributed by atoms with Gasteiger partial charge in [0.2, 0.25) is 0 Å². The van der Waals surface area contributed by atoms with Crippen LogP contribution in [0, 0.1) is 0 Å². The number of aryl methyl sites for hydroxylation is 1. The number of amides is 1. The molecular weight excluding hydrogens is 327 g/mol. The lowest BCUT2D eigenvalue weighted by Crippen LogP contribution is -2.40. The number of halogens is 3. The molecule has 1 N–H and O–H groups in total. The van der Waals surface area contributed by atoms with Gasteiger partial charge in [0.05, 0.1) is 14.2 Å². The largest absolute Gasteiger partial charge is 0.497 e. The summed E-state index contributed by atoms with van der Waals surface area (Å²) in [7, 11) is 4.46. The minimum absolute atomic E-state index is 0.239. The molecule has 0 radical (unpaired) electrons. The number of ether oxygens (including phenoxy) is 2. The van der Waals surface area contributed by atoms with Crippen LogP contribution < -0.4 is 14.8 Å². The first-order chi connectivity index (χ1) is 11.3. The minimum atomic E-state index is -5.01. The molecule has 2 aromatic rings. The van der Waals surface area contributed by atoms with Gasteiger partial charge in [-0.3, -0.25) is 4.79 Å². The normalized spacial score (nSPS) is 12.6. The number of aromatic nitrogens is 2. The average molecular weight is 343 g/mol. The lowest BCUT2D eigenvalue weighted by molar-refractivity contribution is -0.174. The highest BCUT2D eigenvalue weighted by atomic mass is 19.4. The van der Waals surface area contributed by atoms with Crippen molar-refractivity contribution in [3.8, 4) is 11.5 Å². The van der Waals surface area contributed by atoms with Crippen LogP contribution in [0.1, 0.15) is 17.4 Å². The van der Waals surface area contributed by atoms with Crippen LogP contribution in [0.4, 0.5) is 13.2 Å². The van der Waals surface area contributed by atoms with Crippen molar-refractivity contribution in [1.29, 1.82) is 0 Å². The third-order valence-corrected chi connectivity index (χ3v) is 3.36. The van der Waals surface area contributed by atoms with Gasteiger partial charge in [-0.1, -0.05) is 0 Å². The van der Waals surface area contributed by atoms with E-state index in [1.807, 2.05) is 5.32 Å². The van der Waals surface area contributed by atoms with Crippen LogP contribution in [0.3, 0.4) is 0 Å². The topological polar surface area (TPSA) is 65.4 Å². The Morgan fingerprint density at radius 3 is 2.21 bits per heavy atom. The number of hydrogen-bond donors (Lipinski definition) is 1. The van der Waals surface area contributed by atoms with Gasteiger partial charge < -0.3 is 19.4 Å². The Labute approximate surface area is 136 Å². The maximum Gasteiger partial charge on any atom is 0.471 e. The Morgan fingerprint density at radius 2 is 1.79 bits per heavy atom. The zero-order valence-electron chi connectivity index (χ0n) is 13.2. The molecule has 2 rings (SSSR count). The third kappa shape index (κ3) is 3.79. The van der Waals surface area contributed by atoms with Gasteiger partial charge in [0.15, 0.2) is 0 Å². The zero-order valence-corrected chi connectivity index (χ0v) is 13.2. The Kier molecular flexibility index (Phi) is 5.01. The molecule has 9 heteroatoms. The first kappa shape index (κ1) is 17.6. The van der Waals surface area contributed by atoms with E-state index >= 15 is 0 Å². The van der Waals surface area contributed by atoms with Crippen LogP contribution >= 0.6 is 0 Å². The monoisotopic (exact) mass is 343 g/mol. The van der Waals surface area contributed by atoms with E-state index in [0.29, 0.717) is 17.1 Å². The molecule has 24 heavy (non-hydrogen) atoms. The van der Waals surface area contributed by atoms with Gasteiger partial charge in [0.1, 0.15) is 23.4 Å². The van der Waals surface area contributed by atoms with E-state index in [2.05, 4.69) is 4.98 Å². The van der Waals surface area contributed by atoms with Crippen molar-refractivity contribution < 1.29 is 27.4 Å². The van der Waals surface area contributed by atoms with E-state index in [1.165, 1.54) is 37.1 Å². The number of rotatable bonds is 5. The molecule has 1 heterocycles. The van der Waals surface area contributed by atoms with Crippen LogP contribution in [0.15, 0.2) is 30.6 Å². The summed E-state index contributed by atoms with van der Waals surface area (Å²) in [5.74, 6) is -1.06. The Balaban J connectivity index is 2.50. The summed E-state index contributed by atoms with van der Waals surface area (Å²) >= 11 is 0. The van der Waals surface area contributed by atoms with Crippen molar-refractivity contribution in [2.24, 2.45) is 7.05 Å². The van der Waals surface area contributed by atoms with E-state index < -0.39 is 18.1 Å². The van der Waals surface area contributed by atoms with E-state index in [-0.39, 0.29) is 5.82 Å². The molecule has 6 nitrogen and oxygen atoms in total. The molecule has 0 bridgehead atoms. The lowest BCUT2D eigenvalue weighted by Gasteiger charge is -2.21. The molecule has 1 aromatic carbocycles. The summed E-state index contributed by atoms with van der Waals surface area (Å²) < 4.78 is 49.8. The summed E-state index contributed by atoms with van der Waals surface area (Å²) in [6.07, 6.45) is -2.01. The Hall–Kier alpha value is -2.71. The summed E-state index contributed by atoms with van der Waals surface area (Å²) in [6, 6.07) is 3.48. The minimum Gasteiger partial charge on any atom is -0.497 e. The fourth-order valence-corrected chi connectivity index (χ4v) is 2.16. The average Bonchev–Trinajstić information content (AvgIpc) is 2.96. The van der Waals surface area contributed by atoms with Crippen molar-refractivity contribution in [2.45, 2.75) is 12.2 Å². The predicted octanol–water partition coefficient (Wildman–Crippen LogP) is 2.21. The fourth-order valence-electron chi connectivity index (χ4n) is 2.16. The van der Waals surface area contributed by atoms with Gasteiger partial charge in [0, 0.05) is 25.5 Å². The third-order valence-electron chi connectivity index (χ3n) is 3.36. The molecule has 0 saturated heterocycles. The van der Waals surface area contributed by atoms with E-state index in [0.717, 1.165) is 0 Å². The number of methoxy groups -OCH3 is 2. The van der Waals surface area contributed by atoms with Gasteiger partial charge in [0.25, 0.3) is 0 Å². The molecular formula is C15H16F3N3O3. The van der Waals surface area contributed by atoms with Crippen LogP contribution in [0.5, 0.6) is 11.5 Å². The first-order valence-corrected chi connectivity index (χ1v) is 6.84. The molecule has 0 unspecified atom stereocenters. The molecule has 0 aliphatic heterocycles. The molecule has 130 valence electrons. The van der Waals surface area contributed by atoms with E-state index in [4.69, 9.17) is 9.47 Å². The molecule has 1 atom stereocenters. The van der Waals surface area contributed by atoms with Crippen LogP contribution in [-0.2, 0) is 11.8 Å². The van der Waals surface area contributed by atoms with Crippen molar-refractivity contribution in [1.82, 2.24) is 14.9 Å². The van der Waals surface area contributed by atoms with Gasteiger partial charge in [-0.25, -0.2) is 4.98 Å². The predicted molar refractivity (Wildman–Crippen MR) is 78.8 cm³/mol. The molecule has 1 aromatic heterocycles. The van der Waals surface area contributed by atoms with E-state index in [9.17, 15) is 18.0 Å². The first-order valence-electron chi connectivity index (χ1n) is 6.84. The van der Waals surface area contributed by atoms with Crippen molar-refractivity contribution in [3.63, 3.8) is 0 Å². The number of imidazole rings is 1. The SMILES string of the molecule is COc1cc(OC)cc([C@H](NC(=O)C(F)(F)F)c2nccn2C)c1. The summed E-state index contributed by atoms with van der Waals surface area (Å²) in [6.45, 7) is 0. The summed E-state index contributed by atoms with van der Waals surface area (Å²) in [4.78, 5) is 15.5. The van der Waals surface area contributed by atoms with Crippen molar-refractivity contribution in [3.05, 3.63) is 42.0 Å². The van der Waals surface area contributed by atoms with Crippen LogP contribution in [-0.4, -0.2) is 35.9 Å². The number of hydrogen-bond acceptors (Lipinski definition) is 4. The number of benzene rings is 1. The maximum atomic E-state index is 12.7. The van der Waals surface area contributed by atoms with Gasteiger partial charge >= 0.3 is 12.1 Å². The number of carbonyl (C=O) groups excluding carboxylic acids is 1. The second-order valence-electron chi connectivity index (χ2n) is 4.95. The molecule has 0 aliphatic carbocycles. The molecule has 0 saturated carbocycles. The molecule has 1 amide bonds. The number of nitrogens with zero attached hydrogens (tertiary/aromatic N) is 2. The van der Waals surface area contributed by atoms with Crippen molar-refractivity contribution in [2.75, 3.05) is 14.2 Å². The highest BCUT2D eigenvalue weighted by Crippen LogP contribution is 2.30. The van der Waals surface area contributed by atoms with E-state index in [1.54, 1.807) is 19.3 Å². The molecule has 0 fully saturated rings. The van der Waals surface area contributed by atoms with Crippen molar-refractivity contribution >= 4 is 5.91 Å². The Bertz CT molecular complexity index is 706. The Morgan fingerprint density at radius 1 is 1.21 bits per heavy atom. The smallest absolute Gasteiger partial charge is 0.471 e. The molecule has 0 spiro atoms.